The van der Waals surface area contributed by atoms with Crippen LogP contribution in [0.2, 0.25) is 0 Å². The Hall–Kier alpha value is -2.69. The number of nitrogens with one attached hydrogen (secondary N) is 1. The lowest BCUT2D eigenvalue weighted by molar-refractivity contribution is 0.186. The van der Waals surface area contributed by atoms with Gasteiger partial charge in [-0.25, -0.2) is 4.79 Å². The van der Waals surface area contributed by atoms with Crippen molar-refractivity contribution in [3.8, 4) is 11.5 Å². The molecule has 1 heterocycles. The molecule has 28 heavy (non-hydrogen) atoms. The van der Waals surface area contributed by atoms with E-state index in [1.807, 2.05) is 62.5 Å². The van der Waals surface area contributed by atoms with E-state index in [1.54, 1.807) is 4.90 Å². The third-order valence-corrected chi connectivity index (χ3v) is 5.26. The van der Waals surface area contributed by atoms with Gasteiger partial charge in [0, 0.05) is 13.5 Å². The minimum absolute atomic E-state index is 0.0159. The molecule has 0 spiro atoms. The van der Waals surface area contributed by atoms with Crippen molar-refractivity contribution in [2.24, 2.45) is 5.92 Å². The summed E-state index contributed by atoms with van der Waals surface area (Å²) in [5, 5.41) is 3.20. The first kappa shape index (κ1) is 20.1. The molecule has 3 rings (SSSR count). The molecule has 1 aliphatic heterocycles. The van der Waals surface area contributed by atoms with Crippen LogP contribution in [0.25, 0.3) is 0 Å². The molecule has 2 aromatic rings. The summed E-state index contributed by atoms with van der Waals surface area (Å²) in [6.45, 7) is 7.56. The van der Waals surface area contributed by atoms with Crippen molar-refractivity contribution in [2.45, 2.75) is 39.3 Å². The van der Waals surface area contributed by atoms with Crippen molar-refractivity contribution in [1.82, 2.24) is 10.2 Å². The van der Waals surface area contributed by atoms with E-state index in [4.69, 9.17) is 9.47 Å². The fourth-order valence-corrected chi connectivity index (χ4v) is 3.37. The zero-order valence-electron chi connectivity index (χ0n) is 17.1. The molecule has 1 aliphatic rings. The average molecular weight is 383 g/mol. The fraction of sp³-hybridized carbons (Fsp3) is 0.435. The van der Waals surface area contributed by atoms with Crippen LogP contribution in [-0.4, -0.2) is 31.2 Å². The molecule has 2 aromatic carbocycles. The minimum Gasteiger partial charge on any atom is -0.490 e. The number of amides is 2. The molecule has 0 saturated carbocycles. The zero-order chi connectivity index (χ0) is 20.1. The second-order valence-electron chi connectivity index (χ2n) is 7.63. The summed E-state index contributed by atoms with van der Waals surface area (Å²) in [6, 6.07) is 15.8. The maximum absolute atomic E-state index is 12.9. The van der Waals surface area contributed by atoms with Crippen molar-refractivity contribution in [3.05, 3.63) is 59.7 Å². The van der Waals surface area contributed by atoms with Gasteiger partial charge in [-0.2, -0.15) is 0 Å². The molecule has 0 saturated heterocycles. The van der Waals surface area contributed by atoms with Crippen molar-refractivity contribution in [3.63, 3.8) is 0 Å². The lowest BCUT2D eigenvalue weighted by Gasteiger charge is -2.30. The highest BCUT2D eigenvalue weighted by molar-refractivity contribution is 5.75. The van der Waals surface area contributed by atoms with Crippen LogP contribution in [0.15, 0.2) is 48.5 Å². The Labute approximate surface area is 167 Å². The topological polar surface area (TPSA) is 50.8 Å². The average Bonchev–Trinajstić information content (AvgIpc) is 2.96. The molecule has 0 aliphatic carbocycles. The molecule has 0 unspecified atom stereocenters. The summed E-state index contributed by atoms with van der Waals surface area (Å²) in [7, 11) is 1.83. The van der Waals surface area contributed by atoms with E-state index in [-0.39, 0.29) is 24.0 Å². The molecule has 150 valence electrons. The number of carbonyl (C=O) groups is 1. The molecular weight excluding hydrogens is 352 g/mol. The standard InChI is InChI=1S/C23H30N2O3/c1-16(2)22(19-11-12-20-21(15-19)28-14-8-13-27-20)24-23(26)25(4)17(3)18-9-6-5-7-10-18/h5-7,9-12,15-17,22H,8,13-14H2,1-4H3,(H,24,26)/t17-,22+/m1/s1. The molecular formula is C23H30N2O3. The number of hydrogen-bond donors (Lipinski definition) is 1. The Morgan fingerprint density at radius 2 is 1.64 bits per heavy atom. The molecule has 5 nitrogen and oxygen atoms in total. The van der Waals surface area contributed by atoms with Crippen molar-refractivity contribution in [2.75, 3.05) is 20.3 Å². The maximum Gasteiger partial charge on any atom is 0.318 e. The summed E-state index contributed by atoms with van der Waals surface area (Å²) >= 11 is 0. The molecule has 0 fully saturated rings. The van der Waals surface area contributed by atoms with Gasteiger partial charge in [-0.15, -0.1) is 0 Å². The largest absolute Gasteiger partial charge is 0.490 e. The molecule has 5 heteroatoms. The lowest BCUT2D eigenvalue weighted by Crippen LogP contribution is -2.42. The van der Waals surface area contributed by atoms with Gasteiger partial charge < -0.3 is 19.7 Å². The monoisotopic (exact) mass is 382 g/mol. The molecule has 0 aromatic heterocycles. The second kappa shape index (κ2) is 9.00. The third-order valence-electron chi connectivity index (χ3n) is 5.26. The van der Waals surface area contributed by atoms with Gasteiger partial charge in [0.2, 0.25) is 0 Å². The van der Waals surface area contributed by atoms with Gasteiger partial charge in [0.1, 0.15) is 0 Å². The number of fused-ring (bicyclic) bond motifs is 1. The van der Waals surface area contributed by atoms with Gasteiger partial charge in [0.25, 0.3) is 0 Å². The molecule has 1 N–H and O–H groups in total. The molecule has 2 atom stereocenters. The predicted octanol–water partition coefficient (Wildman–Crippen LogP) is 4.95. The van der Waals surface area contributed by atoms with Gasteiger partial charge >= 0.3 is 6.03 Å². The number of carbonyl (C=O) groups excluding carboxylic acids is 1. The van der Waals surface area contributed by atoms with E-state index in [0.717, 1.165) is 29.0 Å². The van der Waals surface area contributed by atoms with Crippen LogP contribution >= 0.6 is 0 Å². The zero-order valence-corrected chi connectivity index (χ0v) is 17.1. The van der Waals surface area contributed by atoms with E-state index in [9.17, 15) is 4.79 Å². The van der Waals surface area contributed by atoms with Gasteiger partial charge in [0.05, 0.1) is 25.3 Å². The van der Waals surface area contributed by atoms with Crippen molar-refractivity contribution in [1.29, 1.82) is 0 Å². The van der Waals surface area contributed by atoms with Crippen molar-refractivity contribution < 1.29 is 14.3 Å². The predicted molar refractivity (Wildman–Crippen MR) is 111 cm³/mol. The van der Waals surface area contributed by atoms with Crippen LogP contribution in [0.5, 0.6) is 11.5 Å². The summed E-state index contributed by atoms with van der Waals surface area (Å²) in [6.07, 6.45) is 0.872. The molecule has 2 amide bonds. The number of nitrogens with zero attached hydrogens (tertiary/aromatic N) is 1. The Bertz CT molecular complexity index is 792. The Morgan fingerprint density at radius 1 is 0.964 bits per heavy atom. The summed E-state index contributed by atoms with van der Waals surface area (Å²) in [5.41, 5.74) is 2.13. The minimum atomic E-state index is -0.116. The van der Waals surface area contributed by atoms with E-state index < -0.39 is 0 Å². The van der Waals surface area contributed by atoms with Crippen LogP contribution in [0.1, 0.15) is 50.4 Å². The number of benzene rings is 2. The maximum atomic E-state index is 12.9. The molecule has 0 radical (unpaired) electrons. The SMILES string of the molecule is CC(C)[C@H](NC(=O)N(C)[C@H](C)c1ccccc1)c1ccc2c(c1)OCCCO2. The summed E-state index contributed by atoms with van der Waals surface area (Å²) in [5.74, 6) is 1.75. The lowest BCUT2D eigenvalue weighted by atomic mass is 9.95. The van der Waals surface area contributed by atoms with E-state index in [0.29, 0.717) is 13.2 Å². The highest BCUT2D eigenvalue weighted by atomic mass is 16.5. The Balaban J connectivity index is 1.76. The Kier molecular flexibility index (Phi) is 6.45. The van der Waals surface area contributed by atoms with E-state index >= 15 is 0 Å². The smallest absolute Gasteiger partial charge is 0.318 e. The summed E-state index contributed by atoms with van der Waals surface area (Å²) in [4.78, 5) is 14.7. The number of ether oxygens (including phenoxy) is 2. The Morgan fingerprint density at radius 3 is 2.32 bits per heavy atom. The summed E-state index contributed by atoms with van der Waals surface area (Å²) < 4.78 is 11.5. The number of hydrogen-bond acceptors (Lipinski definition) is 3. The highest BCUT2D eigenvalue weighted by Gasteiger charge is 2.24. The first-order chi connectivity index (χ1) is 13.5. The van der Waals surface area contributed by atoms with Crippen LogP contribution in [0, 0.1) is 5.92 Å². The fourth-order valence-electron chi connectivity index (χ4n) is 3.37. The quantitative estimate of drug-likeness (QED) is 0.796. The third kappa shape index (κ3) is 4.58. The van der Waals surface area contributed by atoms with E-state index in [1.165, 1.54) is 0 Å². The van der Waals surface area contributed by atoms with Crippen molar-refractivity contribution >= 4 is 6.03 Å². The van der Waals surface area contributed by atoms with Gasteiger partial charge in [-0.1, -0.05) is 50.2 Å². The van der Waals surface area contributed by atoms with Crippen LogP contribution in [0.4, 0.5) is 4.79 Å². The normalized spacial score (nSPS) is 15.5. The first-order valence-corrected chi connectivity index (χ1v) is 9.95. The van der Waals surface area contributed by atoms with Gasteiger partial charge in [-0.05, 0) is 36.1 Å². The second-order valence-corrected chi connectivity index (χ2v) is 7.63. The van der Waals surface area contributed by atoms with Crippen LogP contribution < -0.4 is 14.8 Å². The van der Waals surface area contributed by atoms with E-state index in [2.05, 4.69) is 19.2 Å². The molecule has 0 bridgehead atoms. The van der Waals surface area contributed by atoms with Gasteiger partial charge in [0.15, 0.2) is 11.5 Å². The number of urea groups is 1. The number of rotatable bonds is 5. The highest BCUT2D eigenvalue weighted by Crippen LogP contribution is 2.34. The van der Waals surface area contributed by atoms with Crippen LogP contribution in [0.3, 0.4) is 0 Å². The first-order valence-electron chi connectivity index (χ1n) is 9.95. The van der Waals surface area contributed by atoms with Gasteiger partial charge in [-0.3, -0.25) is 0 Å². The van der Waals surface area contributed by atoms with Crippen LogP contribution in [-0.2, 0) is 0 Å².